The highest BCUT2D eigenvalue weighted by atomic mass is 35.5. The molecule has 1 aromatic heterocycles. The predicted molar refractivity (Wildman–Crippen MR) is 126 cm³/mol. The molecule has 0 radical (unpaired) electrons. The van der Waals surface area contributed by atoms with Crippen LogP contribution in [0.25, 0.3) is 6.08 Å². The van der Waals surface area contributed by atoms with Gasteiger partial charge in [-0.2, -0.15) is 13.2 Å². The van der Waals surface area contributed by atoms with E-state index in [9.17, 15) is 22.4 Å². The lowest BCUT2D eigenvalue weighted by molar-refractivity contribution is -0.139. The highest BCUT2D eigenvalue weighted by Crippen LogP contribution is 2.39. The van der Waals surface area contributed by atoms with Crippen molar-refractivity contribution in [2.75, 3.05) is 0 Å². The van der Waals surface area contributed by atoms with Gasteiger partial charge in [0.2, 0.25) is 0 Å². The highest BCUT2D eigenvalue weighted by Gasteiger charge is 2.39. The van der Waals surface area contributed by atoms with Crippen LogP contribution in [0, 0.1) is 12.7 Å². The number of alkyl halides is 3. The molecular formula is C24H17Cl3F4N2O. The monoisotopic (exact) mass is 530 g/mol. The molecule has 3 rings (SSSR count). The first-order chi connectivity index (χ1) is 16.0. The summed E-state index contributed by atoms with van der Waals surface area (Å²) >= 11 is 17.1. The Morgan fingerprint density at radius 1 is 1.09 bits per heavy atom. The largest absolute Gasteiger partial charge is 0.399 e. The van der Waals surface area contributed by atoms with E-state index in [1.807, 2.05) is 0 Å². The summed E-state index contributed by atoms with van der Waals surface area (Å²) in [7, 11) is 0. The van der Waals surface area contributed by atoms with Gasteiger partial charge < -0.3 is 5.32 Å². The quantitative estimate of drug-likeness (QED) is 0.200. The number of allylic oxidation sites excluding steroid dienone is 1. The molecule has 0 aliphatic rings. The number of carbonyl (C=O) groups excluding carboxylic acids is 1. The molecule has 3 nitrogen and oxygen atoms in total. The van der Waals surface area contributed by atoms with Crippen LogP contribution < -0.4 is 5.32 Å². The van der Waals surface area contributed by atoms with Crippen LogP contribution in [0.1, 0.15) is 38.5 Å². The normalized spacial score (nSPS) is 12.7. The third-order valence-corrected chi connectivity index (χ3v) is 5.71. The van der Waals surface area contributed by atoms with E-state index < -0.39 is 28.0 Å². The maximum atomic E-state index is 13.7. The van der Waals surface area contributed by atoms with Crippen molar-refractivity contribution in [3.8, 4) is 0 Å². The topological polar surface area (TPSA) is 42.0 Å². The standard InChI is InChI=1S/C24H17Cl3F4N2O/c1-13-8-14(2-5-17(13)23(34)33-12-15-4-7-21(27)32-11-15)3-6-18(24(29,30)31)16-9-19(25)22(28)20(26)10-16/h2-11,18H,12H2,1H3,(H,33,34)/b6-3+. The summed E-state index contributed by atoms with van der Waals surface area (Å²) in [6, 6.07) is 9.79. The molecular weight excluding hydrogens is 515 g/mol. The fourth-order valence-corrected chi connectivity index (χ4v) is 3.82. The Balaban J connectivity index is 1.77. The smallest absolute Gasteiger partial charge is 0.348 e. The number of hydrogen-bond acceptors (Lipinski definition) is 2. The Labute approximate surface area is 208 Å². The number of carbonyl (C=O) groups is 1. The number of aromatic nitrogens is 1. The Hall–Kier alpha value is -2.61. The van der Waals surface area contributed by atoms with Gasteiger partial charge in [0.25, 0.3) is 5.91 Å². The van der Waals surface area contributed by atoms with Gasteiger partial charge in [0.1, 0.15) is 5.15 Å². The maximum Gasteiger partial charge on any atom is 0.399 e. The van der Waals surface area contributed by atoms with E-state index in [-0.39, 0.29) is 18.0 Å². The maximum absolute atomic E-state index is 13.7. The number of hydrogen-bond donors (Lipinski definition) is 1. The Bertz CT molecular complexity index is 1200. The first-order valence-electron chi connectivity index (χ1n) is 9.84. The van der Waals surface area contributed by atoms with E-state index in [0.717, 1.165) is 23.8 Å². The number of pyridine rings is 1. The summed E-state index contributed by atoms with van der Waals surface area (Å²) in [4.78, 5) is 16.5. The number of benzene rings is 2. The summed E-state index contributed by atoms with van der Waals surface area (Å²) in [5, 5.41) is 2.11. The van der Waals surface area contributed by atoms with Crippen LogP contribution in [-0.4, -0.2) is 17.1 Å². The minimum absolute atomic E-state index is 0.236. The molecule has 0 saturated heterocycles. The fraction of sp³-hybridized carbons (Fsp3) is 0.167. The summed E-state index contributed by atoms with van der Waals surface area (Å²) in [5.74, 6) is -3.38. The molecule has 0 aliphatic heterocycles. The summed E-state index contributed by atoms with van der Waals surface area (Å²) in [6.07, 6.45) is -0.909. The van der Waals surface area contributed by atoms with Crippen LogP contribution >= 0.6 is 34.8 Å². The fourth-order valence-electron chi connectivity index (χ4n) is 3.21. The van der Waals surface area contributed by atoms with Gasteiger partial charge in [-0.15, -0.1) is 0 Å². The second kappa shape index (κ2) is 10.8. The van der Waals surface area contributed by atoms with E-state index in [1.165, 1.54) is 18.2 Å². The van der Waals surface area contributed by atoms with Gasteiger partial charge in [-0.3, -0.25) is 4.79 Å². The molecule has 0 bridgehead atoms. The zero-order chi connectivity index (χ0) is 25.0. The molecule has 2 aromatic carbocycles. The summed E-state index contributed by atoms with van der Waals surface area (Å²) < 4.78 is 54.7. The highest BCUT2D eigenvalue weighted by molar-refractivity contribution is 6.35. The minimum atomic E-state index is -4.66. The van der Waals surface area contributed by atoms with Gasteiger partial charge in [0, 0.05) is 18.3 Å². The second-order valence-corrected chi connectivity index (χ2v) is 8.62. The number of rotatable bonds is 6. The average Bonchev–Trinajstić information content (AvgIpc) is 2.76. The van der Waals surface area contributed by atoms with Crippen LogP contribution in [0.2, 0.25) is 15.2 Å². The van der Waals surface area contributed by atoms with Crippen molar-refractivity contribution in [3.63, 3.8) is 0 Å². The summed E-state index contributed by atoms with van der Waals surface area (Å²) in [5.41, 5.74) is 1.87. The number of amides is 1. The van der Waals surface area contributed by atoms with Crippen molar-refractivity contribution < 1.29 is 22.4 Å². The molecule has 1 atom stereocenters. The van der Waals surface area contributed by atoms with Crippen molar-refractivity contribution in [3.05, 3.63) is 104 Å². The molecule has 34 heavy (non-hydrogen) atoms. The average molecular weight is 532 g/mol. The molecule has 1 unspecified atom stereocenters. The van der Waals surface area contributed by atoms with Crippen LogP contribution in [0.3, 0.4) is 0 Å². The SMILES string of the molecule is Cc1cc(/C=C/C(c2cc(Cl)c(F)c(Cl)c2)C(F)(F)F)ccc1C(=O)NCc1ccc(Cl)nc1. The lowest BCUT2D eigenvalue weighted by Crippen LogP contribution is -2.23. The first kappa shape index (κ1) is 26.0. The molecule has 3 aromatic rings. The molecule has 1 heterocycles. The third kappa shape index (κ3) is 6.50. The lowest BCUT2D eigenvalue weighted by atomic mass is 9.96. The van der Waals surface area contributed by atoms with Crippen molar-refractivity contribution in [2.24, 2.45) is 0 Å². The first-order valence-corrected chi connectivity index (χ1v) is 11.0. The van der Waals surface area contributed by atoms with Gasteiger partial charge in [-0.25, -0.2) is 9.37 Å². The molecule has 0 saturated carbocycles. The number of nitrogens with one attached hydrogen (secondary N) is 1. The van der Waals surface area contributed by atoms with Gasteiger partial charge in [-0.05, 0) is 53.4 Å². The van der Waals surface area contributed by atoms with Crippen LogP contribution in [-0.2, 0) is 6.54 Å². The van der Waals surface area contributed by atoms with Crippen molar-refractivity contribution in [2.45, 2.75) is 25.6 Å². The third-order valence-electron chi connectivity index (χ3n) is 4.94. The Kier molecular flexibility index (Phi) is 8.23. The van der Waals surface area contributed by atoms with Gasteiger partial charge in [0.15, 0.2) is 5.82 Å². The Morgan fingerprint density at radius 3 is 2.32 bits per heavy atom. The molecule has 1 N–H and O–H groups in total. The van der Waals surface area contributed by atoms with Crippen LogP contribution in [0.4, 0.5) is 17.6 Å². The minimum Gasteiger partial charge on any atom is -0.348 e. The molecule has 178 valence electrons. The van der Waals surface area contributed by atoms with Crippen molar-refractivity contribution in [1.82, 2.24) is 10.3 Å². The zero-order valence-electron chi connectivity index (χ0n) is 17.6. The predicted octanol–water partition coefficient (Wildman–Crippen LogP) is 7.78. The van der Waals surface area contributed by atoms with Crippen LogP contribution in [0.5, 0.6) is 0 Å². The molecule has 1 amide bonds. The van der Waals surface area contributed by atoms with Crippen molar-refractivity contribution in [1.29, 1.82) is 0 Å². The van der Waals surface area contributed by atoms with Crippen molar-refractivity contribution >= 4 is 46.8 Å². The number of nitrogens with zero attached hydrogens (tertiary/aromatic N) is 1. The van der Waals surface area contributed by atoms with Gasteiger partial charge >= 0.3 is 6.18 Å². The Morgan fingerprint density at radius 2 is 1.76 bits per heavy atom. The second-order valence-electron chi connectivity index (χ2n) is 7.42. The van der Waals surface area contributed by atoms with E-state index in [2.05, 4.69) is 10.3 Å². The van der Waals surface area contributed by atoms with E-state index in [0.29, 0.717) is 21.8 Å². The van der Waals surface area contributed by atoms with E-state index in [4.69, 9.17) is 34.8 Å². The van der Waals surface area contributed by atoms with Gasteiger partial charge in [-0.1, -0.05) is 65.2 Å². The van der Waals surface area contributed by atoms with E-state index in [1.54, 1.807) is 31.3 Å². The van der Waals surface area contributed by atoms with Gasteiger partial charge in [0.05, 0.1) is 16.0 Å². The number of aryl methyl sites for hydroxylation is 1. The molecule has 0 spiro atoms. The number of halogens is 7. The molecule has 0 fully saturated rings. The molecule has 0 aliphatic carbocycles. The lowest BCUT2D eigenvalue weighted by Gasteiger charge is -2.18. The van der Waals surface area contributed by atoms with Crippen LogP contribution in [0.15, 0.2) is 54.7 Å². The van der Waals surface area contributed by atoms with E-state index >= 15 is 0 Å². The summed E-state index contributed by atoms with van der Waals surface area (Å²) in [6.45, 7) is 1.91. The zero-order valence-corrected chi connectivity index (χ0v) is 19.8. The molecule has 10 heteroatoms.